The summed E-state index contributed by atoms with van der Waals surface area (Å²) in [6.07, 6.45) is 5.70. The van der Waals surface area contributed by atoms with E-state index in [9.17, 15) is 0 Å². The molecule has 1 saturated heterocycles. The van der Waals surface area contributed by atoms with Gasteiger partial charge < -0.3 is 10.6 Å². The van der Waals surface area contributed by atoms with E-state index in [4.69, 9.17) is 17.3 Å². The van der Waals surface area contributed by atoms with Crippen LogP contribution < -0.4 is 10.6 Å². The molecule has 1 aliphatic heterocycles. The number of nitrogen functional groups attached to an aromatic ring is 1. The van der Waals surface area contributed by atoms with Gasteiger partial charge in [0.15, 0.2) is 0 Å². The van der Waals surface area contributed by atoms with E-state index in [1.54, 1.807) is 0 Å². The maximum Gasteiger partial charge on any atom is 0.231 e. The van der Waals surface area contributed by atoms with Crippen molar-refractivity contribution < 1.29 is 0 Å². The van der Waals surface area contributed by atoms with Crippen molar-refractivity contribution in [2.45, 2.75) is 24.5 Å². The quantitative estimate of drug-likeness (QED) is 0.887. The number of thioether (sulfide) groups is 1. The van der Waals surface area contributed by atoms with Gasteiger partial charge >= 0.3 is 0 Å². The Kier molecular flexibility index (Phi) is 4.28. The first kappa shape index (κ1) is 12.7. The number of rotatable bonds is 2. The summed E-state index contributed by atoms with van der Waals surface area (Å²) in [5.74, 6) is 0.787. The molecule has 94 valence electrons. The van der Waals surface area contributed by atoms with Crippen molar-refractivity contribution in [1.82, 2.24) is 15.0 Å². The Morgan fingerprint density at radius 3 is 2.82 bits per heavy atom. The van der Waals surface area contributed by atoms with Gasteiger partial charge in [-0.3, -0.25) is 0 Å². The molecule has 0 spiro atoms. The van der Waals surface area contributed by atoms with Gasteiger partial charge in [0.1, 0.15) is 0 Å². The second-order valence-electron chi connectivity index (χ2n) is 4.04. The van der Waals surface area contributed by atoms with Gasteiger partial charge in [0, 0.05) is 18.3 Å². The lowest BCUT2D eigenvalue weighted by Gasteiger charge is -2.20. The minimum absolute atomic E-state index is 0.165. The highest BCUT2D eigenvalue weighted by atomic mass is 35.5. The fraction of sp³-hybridized carbons (Fsp3) is 0.700. The Bertz CT molecular complexity index is 369. The number of anilines is 2. The van der Waals surface area contributed by atoms with Crippen molar-refractivity contribution in [3.63, 3.8) is 0 Å². The van der Waals surface area contributed by atoms with Gasteiger partial charge in [-0.2, -0.15) is 26.7 Å². The number of halogens is 1. The van der Waals surface area contributed by atoms with Crippen molar-refractivity contribution >= 4 is 35.3 Å². The van der Waals surface area contributed by atoms with E-state index in [2.05, 4.69) is 26.1 Å². The highest BCUT2D eigenvalue weighted by Crippen LogP contribution is 2.23. The number of nitrogens with zero attached hydrogens (tertiary/aromatic N) is 4. The summed E-state index contributed by atoms with van der Waals surface area (Å²) in [5, 5.41) is 0.896. The van der Waals surface area contributed by atoms with Crippen LogP contribution in [0.4, 0.5) is 11.9 Å². The molecule has 2 rings (SSSR count). The predicted octanol–water partition coefficient (Wildman–Crippen LogP) is 1.83. The predicted molar refractivity (Wildman–Crippen MR) is 72.6 cm³/mol. The van der Waals surface area contributed by atoms with Crippen LogP contribution in [-0.2, 0) is 0 Å². The van der Waals surface area contributed by atoms with E-state index in [0.29, 0.717) is 5.95 Å². The van der Waals surface area contributed by atoms with Gasteiger partial charge in [0.2, 0.25) is 17.2 Å². The lowest BCUT2D eigenvalue weighted by atomic mass is 10.2. The molecule has 0 saturated carbocycles. The molecule has 0 amide bonds. The topological polar surface area (TPSA) is 67.9 Å². The fourth-order valence-electron chi connectivity index (χ4n) is 2.00. The van der Waals surface area contributed by atoms with Gasteiger partial charge in [0.05, 0.1) is 0 Å². The molecule has 1 aromatic heterocycles. The van der Waals surface area contributed by atoms with Crippen LogP contribution in [0.2, 0.25) is 5.28 Å². The molecular weight excluding hydrogens is 258 g/mol. The van der Waals surface area contributed by atoms with E-state index in [0.717, 1.165) is 31.2 Å². The molecule has 1 unspecified atom stereocenters. The summed E-state index contributed by atoms with van der Waals surface area (Å²) in [7, 11) is 0. The minimum atomic E-state index is 0.165. The zero-order valence-corrected chi connectivity index (χ0v) is 11.3. The molecule has 1 aromatic rings. The molecule has 5 nitrogen and oxygen atoms in total. The third-order valence-corrected chi connectivity index (χ3v) is 4.21. The normalized spacial score (nSPS) is 21.3. The number of hydrogen-bond donors (Lipinski definition) is 1. The lowest BCUT2D eigenvalue weighted by molar-refractivity contribution is 0.744. The van der Waals surface area contributed by atoms with Crippen LogP contribution in [0.5, 0.6) is 0 Å². The number of aromatic nitrogens is 3. The Morgan fingerprint density at radius 2 is 2.12 bits per heavy atom. The third kappa shape index (κ3) is 3.35. The van der Waals surface area contributed by atoms with Crippen LogP contribution in [0.1, 0.15) is 19.3 Å². The summed E-state index contributed by atoms with van der Waals surface area (Å²) >= 11 is 7.73. The molecule has 0 aromatic carbocycles. The van der Waals surface area contributed by atoms with Crippen molar-refractivity contribution in [3.05, 3.63) is 5.28 Å². The van der Waals surface area contributed by atoms with Crippen molar-refractivity contribution in [2.75, 3.05) is 30.0 Å². The zero-order valence-electron chi connectivity index (χ0n) is 9.77. The summed E-state index contributed by atoms with van der Waals surface area (Å²) in [6, 6.07) is 0. The van der Waals surface area contributed by atoms with E-state index in [-0.39, 0.29) is 11.2 Å². The number of nitrogens with two attached hydrogens (primary N) is 1. The Hall–Kier alpha value is -0.750. The van der Waals surface area contributed by atoms with Crippen molar-refractivity contribution in [1.29, 1.82) is 0 Å². The second-order valence-corrected chi connectivity index (χ2v) is 5.51. The third-order valence-electron chi connectivity index (χ3n) is 2.90. The molecule has 1 aliphatic rings. The molecule has 2 N–H and O–H groups in total. The van der Waals surface area contributed by atoms with Crippen molar-refractivity contribution in [3.8, 4) is 0 Å². The highest BCUT2D eigenvalue weighted by molar-refractivity contribution is 7.99. The molecule has 0 radical (unpaired) electrons. The van der Waals surface area contributed by atoms with Crippen LogP contribution in [0.25, 0.3) is 0 Å². The first-order chi connectivity index (χ1) is 8.19. The molecule has 0 bridgehead atoms. The first-order valence-electron chi connectivity index (χ1n) is 5.64. The average Bonchev–Trinajstić information content (AvgIpc) is 2.52. The lowest BCUT2D eigenvalue weighted by Crippen LogP contribution is -2.27. The van der Waals surface area contributed by atoms with E-state index in [1.165, 1.54) is 6.42 Å². The van der Waals surface area contributed by atoms with Gasteiger partial charge in [-0.05, 0) is 37.1 Å². The second kappa shape index (κ2) is 5.73. The standard InChI is InChI=1S/C10H16ClN5S/c1-17-7-3-2-5-16(6-4-7)10-14-8(11)13-9(12)15-10/h7H,2-6H2,1H3,(H2,12,13,14,15). The maximum absolute atomic E-state index is 5.79. The molecule has 7 heteroatoms. The summed E-state index contributed by atoms with van der Waals surface area (Å²) in [6.45, 7) is 1.90. The van der Waals surface area contributed by atoms with E-state index in [1.807, 2.05) is 11.8 Å². The first-order valence-corrected chi connectivity index (χ1v) is 7.30. The van der Waals surface area contributed by atoms with Crippen LogP contribution in [0.15, 0.2) is 0 Å². The molecule has 1 fully saturated rings. The SMILES string of the molecule is CSC1CCCN(c2nc(N)nc(Cl)n2)CC1. The maximum atomic E-state index is 5.79. The number of hydrogen-bond acceptors (Lipinski definition) is 6. The molecule has 2 heterocycles. The van der Waals surface area contributed by atoms with Crippen LogP contribution >= 0.6 is 23.4 Å². The van der Waals surface area contributed by atoms with Crippen LogP contribution in [-0.4, -0.2) is 39.5 Å². The Morgan fingerprint density at radius 1 is 1.29 bits per heavy atom. The summed E-state index contributed by atoms with van der Waals surface area (Å²) < 4.78 is 0. The van der Waals surface area contributed by atoms with E-state index >= 15 is 0 Å². The van der Waals surface area contributed by atoms with Gasteiger partial charge in [-0.25, -0.2) is 0 Å². The monoisotopic (exact) mass is 273 g/mol. The minimum Gasteiger partial charge on any atom is -0.368 e. The zero-order chi connectivity index (χ0) is 12.3. The molecule has 0 aliphatic carbocycles. The van der Waals surface area contributed by atoms with Gasteiger partial charge in [0.25, 0.3) is 0 Å². The average molecular weight is 274 g/mol. The largest absolute Gasteiger partial charge is 0.368 e. The van der Waals surface area contributed by atoms with Gasteiger partial charge in [-0.1, -0.05) is 0 Å². The fourth-order valence-corrected chi connectivity index (χ4v) is 2.90. The van der Waals surface area contributed by atoms with Crippen LogP contribution in [0.3, 0.4) is 0 Å². The molecule has 1 atom stereocenters. The summed E-state index contributed by atoms with van der Waals surface area (Å²) in [4.78, 5) is 14.2. The Balaban J connectivity index is 2.11. The van der Waals surface area contributed by atoms with Crippen LogP contribution in [0, 0.1) is 0 Å². The smallest absolute Gasteiger partial charge is 0.231 e. The Labute approximate surface area is 110 Å². The van der Waals surface area contributed by atoms with Gasteiger partial charge in [-0.15, -0.1) is 0 Å². The van der Waals surface area contributed by atoms with E-state index < -0.39 is 0 Å². The summed E-state index contributed by atoms with van der Waals surface area (Å²) in [5.41, 5.74) is 5.58. The molecular formula is C10H16ClN5S. The van der Waals surface area contributed by atoms with Crippen molar-refractivity contribution in [2.24, 2.45) is 0 Å². The highest BCUT2D eigenvalue weighted by Gasteiger charge is 2.18. The molecule has 17 heavy (non-hydrogen) atoms.